The van der Waals surface area contributed by atoms with Crippen molar-refractivity contribution in [3.05, 3.63) is 0 Å². The van der Waals surface area contributed by atoms with Gasteiger partial charge in [-0.3, -0.25) is 4.79 Å². The largest absolute Gasteiger partial charge is 0.306 e. The van der Waals surface area contributed by atoms with Crippen LogP contribution in [0.5, 0.6) is 0 Å². The van der Waals surface area contributed by atoms with Crippen molar-refractivity contribution >= 4 is 6.29 Å². The van der Waals surface area contributed by atoms with Crippen molar-refractivity contribution in [3.8, 4) is 0 Å². The van der Waals surface area contributed by atoms with Gasteiger partial charge in [0, 0.05) is 13.0 Å². The van der Waals surface area contributed by atoms with E-state index in [1.54, 1.807) is 0 Å². The maximum Gasteiger partial charge on any atom is 0.198 e. The Kier molecular flexibility index (Phi) is 5.22. The van der Waals surface area contributed by atoms with Crippen LogP contribution >= 0.6 is 0 Å². The van der Waals surface area contributed by atoms with Gasteiger partial charge in [0.2, 0.25) is 0 Å². The van der Waals surface area contributed by atoms with E-state index in [-0.39, 0.29) is 0 Å². The van der Waals surface area contributed by atoms with Crippen LogP contribution in [0.1, 0.15) is 20.3 Å². The van der Waals surface area contributed by atoms with E-state index in [0.29, 0.717) is 12.3 Å². The molecule has 0 heterocycles. The van der Waals surface area contributed by atoms with Crippen LogP contribution in [-0.2, 0) is 4.79 Å². The SMILES string of the molecule is CCN(C)CC(C)C[C]=O. The monoisotopic (exact) mass is 142 g/mol. The first-order valence-electron chi connectivity index (χ1n) is 3.74. The Morgan fingerprint density at radius 2 is 2.20 bits per heavy atom. The second kappa shape index (κ2) is 5.42. The van der Waals surface area contributed by atoms with Crippen LogP contribution in [0, 0.1) is 5.92 Å². The molecule has 10 heavy (non-hydrogen) atoms. The summed E-state index contributed by atoms with van der Waals surface area (Å²) in [5, 5.41) is 0. The quantitative estimate of drug-likeness (QED) is 0.572. The van der Waals surface area contributed by atoms with Gasteiger partial charge >= 0.3 is 0 Å². The minimum atomic E-state index is 0.447. The number of nitrogens with zero attached hydrogens (tertiary/aromatic N) is 1. The minimum Gasteiger partial charge on any atom is -0.306 e. The fraction of sp³-hybridized carbons (Fsp3) is 0.875. The lowest BCUT2D eigenvalue weighted by Gasteiger charge is -2.17. The van der Waals surface area contributed by atoms with Gasteiger partial charge in [0.1, 0.15) is 0 Å². The Labute approximate surface area is 63.2 Å². The smallest absolute Gasteiger partial charge is 0.198 e. The molecule has 2 heteroatoms. The van der Waals surface area contributed by atoms with Crippen LogP contribution in [0.15, 0.2) is 0 Å². The summed E-state index contributed by atoms with van der Waals surface area (Å²) in [4.78, 5) is 12.1. The maximum atomic E-state index is 9.94. The summed E-state index contributed by atoms with van der Waals surface area (Å²) in [6.45, 7) is 6.21. The lowest BCUT2D eigenvalue weighted by atomic mass is 10.1. The van der Waals surface area contributed by atoms with Gasteiger partial charge in [-0.1, -0.05) is 13.8 Å². The molecule has 0 bridgehead atoms. The topological polar surface area (TPSA) is 20.3 Å². The van der Waals surface area contributed by atoms with Crippen molar-refractivity contribution in [3.63, 3.8) is 0 Å². The van der Waals surface area contributed by atoms with Crippen LogP contribution < -0.4 is 0 Å². The molecule has 0 saturated carbocycles. The summed E-state index contributed by atoms with van der Waals surface area (Å²) in [5.74, 6) is 0.447. The van der Waals surface area contributed by atoms with Crippen molar-refractivity contribution < 1.29 is 4.79 Å². The molecule has 0 aliphatic rings. The normalized spacial score (nSPS) is 13.6. The van der Waals surface area contributed by atoms with Crippen molar-refractivity contribution in [2.45, 2.75) is 20.3 Å². The standard InChI is InChI=1S/C8H16NO/c1-4-9(3)7-8(2)5-6-10/h8H,4-5,7H2,1-3H3. The molecule has 0 aliphatic carbocycles. The Morgan fingerprint density at radius 3 is 2.60 bits per heavy atom. The van der Waals surface area contributed by atoms with Crippen molar-refractivity contribution in [1.82, 2.24) is 4.90 Å². The molecule has 0 spiro atoms. The molecular weight excluding hydrogens is 126 g/mol. The van der Waals surface area contributed by atoms with E-state index in [4.69, 9.17) is 0 Å². The van der Waals surface area contributed by atoms with Gasteiger partial charge in [-0.25, -0.2) is 0 Å². The van der Waals surface area contributed by atoms with Gasteiger partial charge in [-0.05, 0) is 19.5 Å². The average molecular weight is 142 g/mol. The first kappa shape index (κ1) is 9.63. The second-order valence-electron chi connectivity index (χ2n) is 2.81. The van der Waals surface area contributed by atoms with Crippen molar-refractivity contribution in [2.75, 3.05) is 20.1 Å². The Bertz CT molecular complexity index is 93.3. The van der Waals surface area contributed by atoms with Crippen molar-refractivity contribution in [2.24, 2.45) is 5.92 Å². The van der Waals surface area contributed by atoms with Gasteiger partial charge in [0.15, 0.2) is 6.29 Å². The molecular formula is C8H16NO. The molecule has 0 N–H and O–H groups in total. The van der Waals surface area contributed by atoms with Crippen LogP contribution in [0.4, 0.5) is 0 Å². The molecule has 1 unspecified atom stereocenters. The third-order valence-corrected chi connectivity index (χ3v) is 1.59. The van der Waals surface area contributed by atoms with E-state index in [2.05, 4.69) is 25.8 Å². The lowest BCUT2D eigenvalue weighted by molar-refractivity contribution is 0.302. The first-order valence-corrected chi connectivity index (χ1v) is 3.74. The fourth-order valence-electron chi connectivity index (χ4n) is 0.868. The van der Waals surface area contributed by atoms with Crippen LogP contribution in [0.3, 0.4) is 0 Å². The molecule has 59 valence electrons. The van der Waals surface area contributed by atoms with Crippen LogP contribution in [-0.4, -0.2) is 31.3 Å². The molecule has 0 fully saturated rings. The molecule has 0 rings (SSSR count). The Hall–Kier alpha value is -0.370. The van der Waals surface area contributed by atoms with E-state index in [1.807, 2.05) is 6.29 Å². The zero-order valence-corrected chi connectivity index (χ0v) is 7.05. The van der Waals surface area contributed by atoms with E-state index in [1.165, 1.54) is 0 Å². The molecule has 0 aromatic rings. The summed E-state index contributed by atoms with van der Waals surface area (Å²) in [5.41, 5.74) is 0. The molecule has 1 atom stereocenters. The molecule has 0 amide bonds. The number of carbonyl (C=O) groups excluding carboxylic acids is 1. The molecule has 2 nitrogen and oxygen atoms in total. The Balaban J connectivity index is 3.35. The van der Waals surface area contributed by atoms with Gasteiger partial charge in [-0.2, -0.15) is 0 Å². The third-order valence-electron chi connectivity index (χ3n) is 1.59. The number of rotatable bonds is 5. The molecule has 0 aliphatic heterocycles. The second-order valence-corrected chi connectivity index (χ2v) is 2.81. The molecule has 0 aromatic heterocycles. The van der Waals surface area contributed by atoms with Gasteiger partial charge in [0.25, 0.3) is 0 Å². The minimum absolute atomic E-state index is 0.447. The van der Waals surface area contributed by atoms with E-state index >= 15 is 0 Å². The maximum absolute atomic E-state index is 9.94. The van der Waals surface area contributed by atoms with Crippen LogP contribution in [0.25, 0.3) is 0 Å². The highest BCUT2D eigenvalue weighted by Crippen LogP contribution is 2.00. The molecule has 0 aromatic carbocycles. The molecule has 0 saturated heterocycles. The zero-order chi connectivity index (χ0) is 7.98. The van der Waals surface area contributed by atoms with E-state index < -0.39 is 0 Å². The average Bonchev–Trinajstić information content (AvgIpc) is 1.88. The van der Waals surface area contributed by atoms with E-state index in [0.717, 1.165) is 13.1 Å². The number of hydrogen-bond donors (Lipinski definition) is 0. The predicted octanol–water partition coefficient (Wildman–Crippen LogP) is 1.07. The predicted molar refractivity (Wildman–Crippen MR) is 42.6 cm³/mol. The van der Waals surface area contributed by atoms with Gasteiger partial charge in [0.05, 0.1) is 0 Å². The number of hydrogen-bond acceptors (Lipinski definition) is 2. The summed E-state index contributed by atoms with van der Waals surface area (Å²) in [6, 6.07) is 0. The van der Waals surface area contributed by atoms with Gasteiger partial charge in [-0.15, -0.1) is 0 Å². The summed E-state index contributed by atoms with van der Waals surface area (Å²) >= 11 is 0. The third kappa shape index (κ3) is 4.50. The first-order chi connectivity index (χ1) is 4.70. The lowest BCUT2D eigenvalue weighted by Crippen LogP contribution is -2.24. The fourth-order valence-corrected chi connectivity index (χ4v) is 0.868. The summed E-state index contributed by atoms with van der Waals surface area (Å²) in [6.07, 6.45) is 2.48. The highest BCUT2D eigenvalue weighted by Gasteiger charge is 2.03. The van der Waals surface area contributed by atoms with Crippen LogP contribution in [0.2, 0.25) is 0 Å². The zero-order valence-electron chi connectivity index (χ0n) is 7.05. The van der Waals surface area contributed by atoms with Crippen molar-refractivity contribution in [1.29, 1.82) is 0 Å². The van der Waals surface area contributed by atoms with E-state index in [9.17, 15) is 4.79 Å². The molecule has 1 radical (unpaired) electrons. The Morgan fingerprint density at radius 1 is 1.60 bits per heavy atom. The highest BCUT2D eigenvalue weighted by molar-refractivity contribution is 5.50. The van der Waals surface area contributed by atoms with Gasteiger partial charge < -0.3 is 4.90 Å². The summed E-state index contributed by atoms with van der Waals surface area (Å²) in [7, 11) is 2.06. The summed E-state index contributed by atoms with van der Waals surface area (Å²) < 4.78 is 0. The highest BCUT2D eigenvalue weighted by atomic mass is 16.1.